The SMILES string of the molecule is CCC(=O)NC(C)CCSC. The molecule has 3 heteroatoms. The number of nitrogens with one attached hydrogen (secondary N) is 1. The van der Waals surface area contributed by atoms with Crippen LogP contribution in [0.2, 0.25) is 0 Å². The maximum atomic E-state index is 10.9. The molecule has 0 heterocycles. The van der Waals surface area contributed by atoms with Gasteiger partial charge in [0.15, 0.2) is 0 Å². The lowest BCUT2D eigenvalue weighted by molar-refractivity contribution is -0.121. The zero-order chi connectivity index (χ0) is 8.69. The molecule has 0 fully saturated rings. The zero-order valence-electron chi connectivity index (χ0n) is 7.52. The third-order valence-electron chi connectivity index (χ3n) is 1.48. The molecule has 0 aromatic rings. The third kappa shape index (κ3) is 6.23. The summed E-state index contributed by atoms with van der Waals surface area (Å²) in [5.41, 5.74) is 0. The first-order chi connectivity index (χ1) is 5.20. The molecule has 0 aliphatic heterocycles. The topological polar surface area (TPSA) is 29.1 Å². The maximum absolute atomic E-state index is 10.9. The summed E-state index contributed by atoms with van der Waals surface area (Å²) < 4.78 is 0. The van der Waals surface area contributed by atoms with Crippen LogP contribution in [0.15, 0.2) is 0 Å². The number of amides is 1. The summed E-state index contributed by atoms with van der Waals surface area (Å²) in [7, 11) is 0. The van der Waals surface area contributed by atoms with Gasteiger partial charge in [0.1, 0.15) is 0 Å². The van der Waals surface area contributed by atoms with Crippen molar-refractivity contribution in [1.82, 2.24) is 5.32 Å². The average molecular weight is 175 g/mol. The molecule has 1 atom stereocenters. The van der Waals surface area contributed by atoms with Crippen LogP contribution in [0.4, 0.5) is 0 Å². The molecule has 0 spiro atoms. The molecular weight excluding hydrogens is 158 g/mol. The van der Waals surface area contributed by atoms with Crippen LogP contribution in [0.5, 0.6) is 0 Å². The Morgan fingerprint density at radius 1 is 1.64 bits per heavy atom. The van der Waals surface area contributed by atoms with E-state index in [-0.39, 0.29) is 5.91 Å². The van der Waals surface area contributed by atoms with Gasteiger partial charge in [-0.2, -0.15) is 11.8 Å². The molecular formula is C8H17NOS. The summed E-state index contributed by atoms with van der Waals surface area (Å²) in [6, 6.07) is 0.329. The van der Waals surface area contributed by atoms with Gasteiger partial charge < -0.3 is 5.32 Å². The quantitative estimate of drug-likeness (QED) is 0.688. The highest BCUT2D eigenvalue weighted by Gasteiger charge is 2.03. The minimum absolute atomic E-state index is 0.151. The summed E-state index contributed by atoms with van der Waals surface area (Å²) >= 11 is 1.81. The highest BCUT2D eigenvalue weighted by Crippen LogP contribution is 1.99. The lowest BCUT2D eigenvalue weighted by Crippen LogP contribution is -2.32. The Bertz CT molecular complexity index is 117. The fourth-order valence-corrected chi connectivity index (χ4v) is 1.33. The fraction of sp³-hybridized carbons (Fsp3) is 0.875. The predicted octanol–water partition coefficient (Wildman–Crippen LogP) is 1.65. The van der Waals surface area contributed by atoms with Crippen molar-refractivity contribution in [3.63, 3.8) is 0 Å². The van der Waals surface area contributed by atoms with Gasteiger partial charge in [0, 0.05) is 12.5 Å². The summed E-state index contributed by atoms with van der Waals surface area (Å²) in [4.78, 5) is 10.9. The average Bonchev–Trinajstić information content (AvgIpc) is 2.00. The maximum Gasteiger partial charge on any atom is 0.219 e. The van der Waals surface area contributed by atoms with E-state index in [1.807, 2.05) is 25.6 Å². The number of thioether (sulfide) groups is 1. The number of carbonyl (C=O) groups excluding carboxylic acids is 1. The van der Waals surface area contributed by atoms with Crippen molar-refractivity contribution in [3.05, 3.63) is 0 Å². The Balaban J connectivity index is 3.35. The second-order valence-corrected chi connectivity index (χ2v) is 3.59. The summed E-state index contributed by atoms with van der Waals surface area (Å²) in [5, 5.41) is 2.91. The van der Waals surface area contributed by atoms with E-state index in [4.69, 9.17) is 0 Å². The van der Waals surface area contributed by atoms with Crippen LogP contribution in [-0.4, -0.2) is 24.0 Å². The second kappa shape index (κ2) is 6.53. The van der Waals surface area contributed by atoms with E-state index in [9.17, 15) is 4.79 Å². The molecule has 1 unspecified atom stereocenters. The van der Waals surface area contributed by atoms with Crippen molar-refractivity contribution >= 4 is 17.7 Å². The molecule has 0 aromatic heterocycles. The van der Waals surface area contributed by atoms with Gasteiger partial charge >= 0.3 is 0 Å². The summed E-state index contributed by atoms with van der Waals surface area (Å²) in [6.07, 6.45) is 3.73. The zero-order valence-corrected chi connectivity index (χ0v) is 8.33. The lowest BCUT2D eigenvalue weighted by Gasteiger charge is -2.11. The van der Waals surface area contributed by atoms with Crippen molar-refractivity contribution in [3.8, 4) is 0 Å². The van der Waals surface area contributed by atoms with Gasteiger partial charge in [-0.3, -0.25) is 4.79 Å². The van der Waals surface area contributed by atoms with Crippen molar-refractivity contribution < 1.29 is 4.79 Å². The standard InChI is InChI=1S/C8H17NOS/c1-4-8(10)9-7(2)5-6-11-3/h7H,4-6H2,1-3H3,(H,9,10). The van der Waals surface area contributed by atoms with E-state index in [1.54, 1.807) is 0 Å². The van der Waals surface area contributed by atoms with Crippen molar-refractivity contribution in [2.24, 2.45) is 0 Å². The van der Waals surface area contributed by atoms with E-state index in [0.29, 0.717) is 12.5 Å². The number of carbonyl (C=O) groups is 1. The number of hydrogen-bond donors (Lipinski definition) is 1. The van der Waals surface area contributed by atoms with Crippen LogP contribution in [0.25, 0.3) is 0 Å². The van der Waals surface area contributed by atoms with Crippen LogP contribution in [0.1, 0.15) is 26.7 Å². The van der Waals surface area contributed by atoms with Crippen molar-refractivity contribution in [1.29, 1.82) is 0 Å². The largest absolute Gasteiger partial charge is 0.354 e. The molecule has 11 heavy (non-hydrogen) atoms. The van der Waals surface area contributed by atoms with Crippen molar-refractivity contribution in [2.45, 2.75) is 32.7 Å². The van der Waals surface area contributed by atoms with Crippen LogP contribution in [0.3, 0.4) is 0 Å². The Kier molecular flexibility index (Phi) is 6.42. The molecule has 0 rings (SSSR count). The van der Waals surface area contributed by atoms with Crippen molar-refractivity contribution in [2.75, 3.05) is 12.0 Å². The minimum Gasteiger partial charge on any atom is -0.354 e. The van der Waals surface area contributed by atoms with E-state index < -0.39 is 0 Å². The molecule has 66 valence electrons. The summed E-state index contributed by atoms with van der Waals surface area (Å²) in [6.45, 7) is 3.92. The first-order valence-corrected chi connectivity index (χ1v) is 5.38. The van der Waals surface area contributed by atoms with Gasteiger partial charge in [-0.05, 0) is 25.4 Å². The fourth-order valence-electron chi connectivity index (χ4n) is 0.744. The molecule has 0 bridgehead atoms. The van der Waals surface area contributed by atoms with Gasteiger partial charge in [0.2, 0.25) is 5.91 Å². The second-order valence-electron chi connectivity index (χ2n) is 2.60. The lowest BCUT2D eigenvalue weighted by atomic mass is 10.2. The van der Waals surface area contributed by atoms with E-state index in [0.717, 1.165) is 12.2 Å². The Morgan fingerprint density at radius 2 is 2.27 bits per heavy atom. The molecule has 2 nitrogen and oxygen atoms in total. The van der Waals surface area contributed by atoms with Crippen LogP contribution < -0.4 is 5.32 Å². The first-order valence-electron chi connectivity index (χ1n) is 3.99. The molecule has 0 aromatic carbocycles. The van der Waals surface area contributed by atoms with Crippen LogP contribution >= 0.6 is 11.8 Å². The van der Waals surface area contributed by atoms with Gasteiger partial charge in [-0.25, -0.2) is 0 Å². The molecule has 0 saturated carbocycles. The molecule has 0 radical (unpaired) electrons. The normalized spacial score (nSPS) is 12.6. The predicted molar refractivity (Wildman–Crippen MR) is 50.9 cm³/mol. The van der Waals surface area contributed by atoms with E-state index in [2.05, 4.69) is 11.6 Å². The smallest absolute Gasteiger partial charge is 0.219 e. The third-order valence-corrected chi connectivity index (χ3v) is 2.13. The van der Waals surface area contributed by atoms with Gasteiger partial charge in [0.05, 0.1) is 0 Å². The monoisotopic (exact) mass is 175 g/mol. The Labute approximate surface area is 73.1 Å². The molecule has 0 aliphatic carbocycles. The number of hydrogen-bond acceptors (Lipinski definition) is 2. The Morgan fingerprint density at radius 3 is 2.73 bits per heavy atom. The number of rotatable bonds is 5. The summed E-state index contributed by atoms with van der Waals surface area (Å²) in [5.74, 6) is 1.27. The molecule has 1 N–H and O–H groups in total. The first kappa shape index (κ1) is 10.8. The molecule has 1 amide bonds. The highest BCUT2D eigenvalue weighted by atomic mass is 32.2. The minimum atomic E-state index is 0.151. The van der Waals surface area contributed by atoms with E-state index >= 15 is 0 Å². The van der Waals surface area contributed by atoms with Gasteiger partial charge in [0.25, 0.3) is 0 Å². The molecule has 0 aliphatic rings. The highest BCUT2D eigenvalue weighted by molar-refractivity contribution is 7.98. The van der Waals surface area contributed by atoms with Crippen LogP contribution in [0, 0.1) is 0 Å². The van der Waals surface area contributed by atoms with Crippen LogP contribution in [-0.2, 0) is 4.79 Å². The Hall–Kier alpha value is -0.180. The van der Waals surface area contributed by atoms with Gasteiger partial charge in [-0.15, -0.1) is 0 Å². The van der Waals surface area contributed by atoms with E-state index in [1.165, 1.54) is 0 Å². The van der Waals surface area contributed by atoms with Gasteiger partial charge in [-0.1, -0.05) is 6.92 Å². The molecule has 0 saturated heterocycles.